The van der Waals surface area contributed by atoms with Gasteiger partial charge in [-0.25, -0.2) is 0 Å². The second kappa shape index (κ2) is 9.17. The highest BCUT2D eigenvalue weighted by Crippen LogP contribution is 2.02. The van der Waals surface area contributed by atoms with Gasteiger partial charge >= 0.3 is 0 Å². The average Bonchev–Trinajstić information content (AvgIpc) is 2.16. The van der Waals surface area contributed by atoms with E-state index in [1.807, 2.05) is 0 Å². The molecule has 1 N–H and O–H groups in total. The van der Waals surface area contributed by atoms with Gasteiger partial charge in [-0.3, -0.25) is 0 Å². The SMILES string of the molecule is CCC(C)CN(C)CCCNCC(C)C. The van der Waals surface area contributed by atoms with Gasteiger partial charge in [0.05, 0.1) is 0 Å². The Labute approximate surface area is 96.4 Å². The third kappa shape index (κ3) is 10.2. The summed E-state index contributed by atoms with van der Waals surface area (Å²) in [5.74, 6) is 1.60. The van der Waals surface area contributed by atoms with Gasteiger partial charge in [0.25, 0.3) is 0 Å². The first-order valence-corrected chi connectivity index (χ1v) is 6.45. The van der Waals surface area contributed by atoms with Crippen LogP contribution in [0.2, 0.25) is 0 Å². The summed E-state index contributed by atoms with van der Waals surface area (Å²) in [7, 11) is 2.23. The molecule has 92 valence electrons. The first-order valence-electron chi connectivity index (χ1n) is 6.45. The van der Waals surface area contributed by atoms with Crippen LogP contribution in [-0.4, -0.2) is 38.1 Å². The van der Waals surface area contributed by atoms with E-state index < -0.39 is 0 Å². The van der Waals surface area contributed by atoms with Crippen molar-refractivity contribution in [3.8, 4) is 0 Å². The number of rotatable bonds is 9. The Kier molecular flexibility index (Phi) is 9.12. The fourth-order valence-corrected chi connectivity index (χ4v) is 1.62. The fraction of sp³-hybridized carbons (Fsp3) is 1.00. The van der Waals surface area contributed by atoms with E-state index >= 15 is 0 Å². The summed E-state index contributed by atoms with van der Waals surface area (Å²) < 4.78 is 0. The van der Waals surface area contributed by atoms with Crippen molar-refractivity contribution < 1.29 is 0 Å². The van der Waals surface area contributed by atoms with E-state index in [1.54, 1.807) is 0 Å². The van der Waals surface area contributed by atoms with Gasteiger partial charge in [0, 0.05) is 6.54 Å². The van der Waals surface area contributed by atoms with Crippen LogP contribution in [0.1, 0.15) is 40.5 Å². The number of hydrogen-bond acceptors (Lipinski definition) is 2. The van der Waals surface area contributed by atoms with Crippen molar-refractivity contribution in [3.05, 3.63) is 0 Å². The second-order valence-corrected chi connectivity index (χ2v) is 5.23. The number of nitrogens with one attached hydrogen (secondary N) is 1. The van der Waals surface area contributed by atoms with Gasteiger partial charge in [-0.15, -0.1) is 0 Å². The lowest BCUT2D eigenvalue weighted by molar-refractivity contribution is 0.277. The highest BCUT2D eigenvalue weighted by Gasteiger charge is 2.03. The Morgan fingerprint density at radius 2 is 1.87 bits per heavy atom. The third-order valence-electron chi connectivity index (χ3n) is 2.77. The van der Waals surface area contributed by atoms with Crippen molar-refractivity contribution >= 4 is 0 Å². The first-order chi connectivity index (χ1) is 7.06. The maximum atomic E-state index is 3.48. The minimum atomic E-state index is 0.767. The molecule has 0 bridgehead atoms. The molecule has 0 aromatic heterocycles. The highest BCUT2D eigenvalue weighted by molar-refractivity contribution is 4.59. The van der Waals surface area contributed by atoms with Crippen LogP contribution in [0.15, 0.2) is 0 Å². The zero-order chi connectivity index (χ0) is 11.7. The molecule has 0 rings (SSSR count). The molecule has 0 aliphatic carbocycles. The number of nitrogens with zero attached hydrogens (tertiary/aromatic N) is 1. The summed E-state index contributed by atoms with van der Waals surface area (Å²) in [6.07, 6.45) is 2.55. The first kappa shape index (κ1) is 14.9. The fourth-order valence-electron chi connectivity index (χ4n) is 1.62. The van der Waals surface area contributed by atoms with Crippen LogP contribution < -0.4 is 5.32 Å². The van der Waals surface area contributed by atoms with Crippen molar-refractivity contribution in [2.75, 3.05) is 33.2 Å². The van der Waals surface area contributed by atoms with E-state index in [2.05, 4.69) is 45.0 Å². The molecule has 0 fully saturated rings. The highest BCUT2D eigenvalue weighted by atomic mass is 15.1. The normalized spacial score (nSPS) is 13.8. The Hall–Kier alpha value is -0.0800. The van der Waals surface area contributed by atoms with Crippen molar-refractivity contribution in [1.29, 1.82) is 0 Å². The van der Waals surface area contributed by atoms with E-state index in [0.717, 1.165) is 24.9 Å². The van der Waals surface area contributed by atoms with Crippen LogP contribution in [0.5, 0.6) is 0 Å². The number of hydrogen-bond donors (Lipinski definition) is 1. The summed E-state index contributed by atoms with van der Waals surface area (Å²) in [5, 5.41) is 3.48. The van der Waals surface area contributed by atoms with Gasteiger partial charge < -0.3 is 10.2 Å². The lowest BCUT2D eigenvalue weighted by Crippen LogP contribution is -2.28. The summed E-state index contributed by atoms with van der Waals surface area (Å²) in [4.78, 5) is 2.45. The molecule has 2 heteroatoms. The van der Waals surface area contributed by atoms with Crippen LogP contribution in [0, 0.1) is 11.8 Å². The summed E-state index contributed by atoms with van der Waals surface area (Å²) in [6, 6.07) is 0. The molecule has 1 unspecified atom stereocenters. The molecule has 0 heterocycles. The second-order valence-electron chi connectivity index (χ2n) is 5.23. The monoisotopic (exact) mass is 214 g/mol. The molecule has 15 heavy (non-hydrogen) atoms. The van der Waals surface area contributed by atoms with E-state index in [0.29, 0.717) is 0 Å². The summed E-state index contributed by atoms with van der Waals surface area (Å²) in [6.45, 7) is 13.9. The molecule has 0 aliphatic heterocycles. The van der Waals surface area contributed by atoms with Crippen molar-refractivity contribution in [2.45, 2.75) is 40.5 Å². The van der Waals surface area contributed by atoms with Gasteiger partial charge in [0.15, 0.2) is 0 Å². The Morgan fingerprint density at radius 3 is 2.40 bits per heavy atom. The molecule has 0 aromatic carbocycles. The van der Waals surface area contributed by atoms with Crippen LogP contribution in [-0.2, 0) is 0 Å². The third-order valence-corrected chi connectivity index (χ3v) is 2.77. The van der Waals surface area contributed by atoms with Crippen LogP contribution in [0.4, 0.5) is 0 Å². The zero-order valence-electron chi connectivity index (χ0n) is 11.3. The molecule has 2 nitrogen and oxygen atoms in total. The minimum absolute atomic E-state index is 0.767. The molecule has 0 spiro atoms. The van der Waals surface area contributed by atoms with Crippen molar-refractivity contribution in [2.24, 2.45) is 11.8 Å². The minimum Gasteiger partial charge on any atom is -0.316 e. The molecule has 0 saturated carbocycles. The standard InChI is InChI=1S/C13H30N2/c1-6-13(4)11-15(5)9-7-8-14-10-12(2)3/h12-14H,6-11H2,1-5H3. The lowest BCUT2D eigenvalue weighted by atomic mass is 10.1. The van der Waals surface area contributed by atoms with Gasteiger partial charge in [0.2, 0.25) is 0 Å². The van der Waals surface area contributed by atoms with Gasteiger partial charge in [0.1, 0.15) is 0 Å². The Balaban J connectivity index is 3.27. The smallest absolute Gasteiger partial charge is 0.000388 e. The summed E-state index contributed by atoms with van der Waals surface area (Å²) in [5.41, 5.74) is 0. The maximum Gasteiger partial charge on any atom is 0.000388 e. The zero-order valence-corrected chi connectivity index (χ0v) is 11.3. The van der Waals surface area contributed by atoms with Crippen molar-refractivity contribution in [3.63, 3.8) is 0 Å². The molecule has 0 aliphatic rings. The quantitative estimate of drug-likeness (QED) is 0.594. The lowest BCUT2D eigenvalue weighted by Gasteiger charge is -2.20. The molecular formula is C13H30N2. The van der Waals surface area contributed by atoms with E-state index in [-0.39, 0.29) is 0 Å². The Morgan fingerprint density at radius 1 is 1.20 bits per heavy atom. The molecule has 0 saturated heterocycles. The van der Waals surface area contributed by atoms with E-state index in [9.17, 15) is 0 Å². The molecular weight excluding hydrogens is 184 g/mol. The van der Waals surface area contributed by atoms with Crippen molar-refractivity contribution in [1.82, 2.24) is 10.2 Å². The molecule has 1 atom stereocenters. The van der Waals surface area contributed by atoms with Gasteiger partial charge in [-0.05, 0) is 44.9 Å². The molecule has 0 amide bonds. The largest absolute Gasteiger partial charge is 0.316 e. The predicted octanol–water partition coefficient (Wildman–Crippen LogP) is 2.60. The van der Waals surface area contributed by atoms with Crippen LogP contribution in [0.25, 0.3) is 0 Å². The van der Waals surface area contributed by atoms with Crippen LogP contribution >= 0.6 is 0 Å². The molecule has 0 radical (unpaired) electrons. The topological polar surface area (TPSA) is 15.3 Å². The predicted molar refractivity (Wildman–Crippen MR) is 69.3 cm³/mol. The summed E-state index contributed by atoms with van der Waals surface area (Å²) >= 11 is 0. The maximum absolute atomic E-state index is 3.48. The molecule has 0 aromatic rings. The average molecular weight is 214 g/mol. The Bertz CT molecular complexity index is 134. The van der Waals surface area contributed by atoms with Gasteiger partial charge in [-0.1, -0.05) is 34.1 Å². The van der Waals surface area contributed by atoms with Gasteiger partial charge in [-0.2, -0.15) is 0 Å². The van der Waals surface area contributed by atoms with E-state index in [4.69, 9.17) is 0 Å². The van der Waals surface area contributed by atoms with E-state index in [1.165, 1.54) is 25.9 Å². The van der Waals surface area contributed by atoms with Crippen LogP contribution in [0.3, 0.4) is 0 Å².